The van der Waals surface area contributed by atoms with Gasteiger partial charge < -0.3 is 9.84 Å². The summed E-state index contributed by atoms with van der Waals surface area (Å²) in [6.07, 6.45) is 4.30. The van der Waals surface area contributed by atoms with E-state index in [0.717, 1.165) is 22.9 Å². The topological polar surface area (TPSA) is 45.6 Å². The first kappa shape index (κ1) is 13.3. The summed E-state index contributed by atoms with van der Waals surface area (Å²) >= 11 is 0. The molecule has 1 aromatic heterocycles. The van der Waals surface area contributed by atoms with Crippen molar-refractivity contribution in [2.24, 2.45) is 0 Å². The number of aliphatic hydroxyl groups excluding tert-OH is 1. The lowest BCUT2D eigenvalue weighted by molar-refractivity contribution is 0.233. The molecule has 2 heterocycles. The molecule has 1 fully saturated rings. The van der Waals surface area contributed by atoms with Crippen LogP contribution in [0.5, 0.6) is 5.88 Å². The van der Waals surface area contributed by atoms with Gasteiger partial charge in [-0.1, -0.05) is 18.2 Å². The van der Waals surface area contributed by atoms with Crippen molar-refractivity contribution in [3.8, 4) is 5.88 Å². The van der Waals surface area contributed by atoms with Crippen molar-refractivity contribution in [3.63, 3.8) is 0 Å². The lowest BCUT2D eigenvalue weighted by Gasteiger charge is -2.15. The van der Waals surface area contributed by atoms with Crippen LogP contribution in [0.1, 0.15) is 18.4 Å². The van der Waals surface area contributed by atoms with Crippen molar-refractivity contribution in [2.45, 2.75) is 19.4 Å². The van der Waals surface area contributed by atoms with E-state index in [1.165, 1.54) is 25.9 Å². The quantitative estimate of drug-likeness (QED) is 0.906. The molecule has 106 valence electrons. The summed E-state index contributed by atoms with van der Waals surface area (Å²) in [4.78, 5) is 6.76. The summed E-state index contributed by atoms with van der Waals surface area (Å²) in [5.74, 6) is 0.664. The summed E-state index contributed by atoms with van der Waals surface area (Å²) in [7, 11) is 0. The Labute approximate surface area is 119 Å². The third-order valence-electron chi connectivity index (χ3n) is 3.86. The highest BCUT2D eigenvalue weighted by molar-refractivity contribution is 5.89. The zero-order chi connectivity index (χ0) is 13.8. The van der Waals surface area contributed by atoms with Gasteiger partial charge >= 0.3 is 0 Å². The van der Waals surface area contributed by atoms with Crippen LogP contribution < -0.4 is 4.74 Å². The minimum absolute atomic E-state index is 0.00156. The summed E-state index contributed by atoms with van der Waals surface area (Å²) in [5.41, 5.74) is 0.840. The highest BCUT2D eigenvalue weighted by Gasteiger charge is 2.12. The smallest absolute Gasteiger partial charge is 0.221 e. The van der Waals surface area contributed by atoms with Gasteiger partial charge in [-0.05, 0) is 37.4 Å². The molecule has 0 bridgehead atoms. The maximum absolute atomic E-state index is 9.36. The van der Waals surface area contributed by atoms with Gasteiger partial charge in [-0.2, -0.15) is 0 Å². The van der Waals surface area contributed by atoms with Crippen LogP contribution in [0.3, 0.4) is 0 Å². The predicted octanol–water partition coefficient (Wildman–Crippen LogP) is 2.20. The second kappa shape index (κ2) is 6.20. The minimum Gasteiger partial charge on any atom is -0.476 e. The standard InChI is InChI=1S/C16H20N2O2/c19-12-13-11-17-16(15-6-2-1-5-14(13)15)20-10-9-18-7-3-4-8-18/h1-2,5-6,11,19H,3-4,7-10,12H2. The van der Waals surface area contributed by atoms with Crippen LogP contribution in [-0.4, -0.2) is 41.2 Å². The molecule has 2 aromatic rings. The molecule has 0 unspecified atom stereocenters. The van der Waals surface area contributed by atoms with Crippen LogP contribution in [0, 0.1) is 0 Å². The molecule has 0 atom stereocenters. The Morgan fingerprint density at radius 3 is 2.65 bits per heavy atom. The number of benzene rings is 1. The number of hydrogen-bond acceptors (Lipinski definition) is 4. The third kappa shape index (κ3) is 2.76. The van der Waals surface area contributed by atoms with Crippen molar-refractivity contribution in [1.82, 2.24) is 9.88 Å². The van der Waals surface area contributed by atoms with Gasteiger partial charge in [-0.15, -0.1) is 0 Å². The van der Waals surface area contributed by atoms with E-state index in [-0.39, 0.29) is 6.61 Å². The fourth-order valence-electron chi connectivity index (χ4n) is 2.74. The maximum Gasteiger partial charge on any atom is 0.221 e. The van der Waals surface area contributed by atoms with E-state index in [2.05, 4.69) is 9.88 Å². The number of likely N-dealkylation sites (tertiary alicyclic amines) is 1. The first-order valence-electron chi connectivity index (χ1n) is 7.21. The molecule has 20 heavy (non-hydrogen) atoms. The molecule has 1 aromatic carbocycles. The molecule has 0 spiro atoms. The van der Waals surface area contributed by atoms with Crippen molar-refractivity contribution in [2.75, 3.05) is 26.2 Å². The Kier molecular flexibility index (Phi) is 4.14. The molecule has 1 aliphatic heterocycles. The zero-order valence-electron chi connectivity index (χ0n) is 11.6. The van der Waals surface area contributed by atoms with Crippen LogP contribution >= 0.6 is 0 Å². The summed E-state index contributed by atoms with van der Waals surface area (Å²) < 4.78 is 5.85. The number of hydrogen-bond donors (Lipinski definition) is 1. The molecule has 4 nitrogen and oxygen atoms in total. The summed E-state index contributed by atoms with van der Waals surface area (Å²) in [6, 6.07) is 7.93. The third-order valence-corrected chi connectivity index (χ3v) is 3.86. The van der Waals surface area contributed by atoms with Gasteiger partial charge in [0, 0.05) is 23.7 Å². The Bertz CT molecular complexity index is 580. The van der Waals surface area contributed by atoms with E-state index in [1.54, 1.807) is 6.20 Å². The second-order valence-electron chi connectivity index (χ2n) is 5.19. The van der Waals surface area contributed by atoms with E-state index in [9.17, 15) is 5.11 Å². The lowest BCUT2D eigenvalue weighted by atomic mass is 10.1. The van der Waals surface area contributed by atoms with Gasteiger partial charge in [0.25, 0.3) is 0 Å². The Morgan fingerprint density at radius 2 is 1.90 bits per heavy atom. The summed E-state index contributed by atoms with van der Waals surface area (Å²) in [5, 5.41) is 11.3. The average molecular weight is 272 g/mol. The fourth-order valence-corrected chi connectivity index (χ4v) is 2.74. The van der Waals surface area contributed by atoms with Crippen molar-refractivity contribution < 1.29 is 9.84 Å². The van der Waals surface area contributed by atoms with E-state index in [0.29, 0.717) is 12.5 Å². The van der Waals surface area contributed by atoms with Gasteiger partial charge in [-0.3, -0.25) is 4.90 Å². The molecule has 0 amide bonds. The molecular weight excluding hydrogens is 252 g/mol. The van der Waals surface area contributed by atoms with E-state index >= 15 is 0 Å². The second-order valence-corrected chi connectivity index (χ2v) is 5.19. The van der Waals surface area contributed by atoms with E-state index in [4.69, 9.17) is 4.74 Å². The van der Waals surface area contributed by atoms with Gasteiger partial charge in [0.1, 0.15) is 6.61 Å². The monoisotopic (exact) mass is 272 g/mol. The molecule has 0 radical (unpaired) electrons. The van der Waals surface area contributed by atoms with Crippen molar-refractivity contribution >= 4 is 10.8 Å². The molecule has 3 rings (SSSR count). The minimum atomic E-state index is 0.00156. The molecule has 0 aliphatic carbocycles. The zero-order valence-corrected chi connectivity index (χ0v) is 11.6. The molecule has 4 heteroatoms. The van der Waals surface area contributed by atoms with Crippen LogP contribution in [0.15, 0.2) is 30.5 Å². The first-order valence-corrected chi connectivity index (χ1v) is 7.21. The van der Waals surface area contributed by atoms with Gasteiger partial charge in [0.05, 0.1) is 6.61 Å². The SMILES string of the molecule is OCc1cnc(OCCN2CCCC2)c2ccccc12. The first-order chi connectivity index (χ1) is 9.88. The average Bonchev–Trinajstić information content (AvgIpc) is 3.01. The molecule has 1 N–H and O–H groups in total. The molecular formula is C16H20N2O2. The Morgan fingerprint density at radius 1 is 1.15 bits per heavy atom. The number of aromatic nitrogens is 1. The van der Waals surface area contributed by atoms with Crippen LogP contribution in [-0.2, 0) is 6.61 Å². The van der Waals surface area contributed by atoms with Crippen molar-refractivity contribution in [3.05, 3.63) is 36.0 Å². The molecule has 1 saturated heterocycles. The maximum atomic E-state index is 9.36. The number of pyridine rings is 1. The van der Waals surface area contributed by atoms with Crippen LogP contribution in [0.25, 0.3) is 10.8 Å². The Balaban J connectivity index is 1.74. The fraction of sp³-hybridized carbons (Fsp3) is 0.438. The van der Waals surface area contributed by atoms with Crippen molar-refractivity contribution in [1.29, 1.82) is 0 Å². The number of rotatable bonds is 5. The largest absolute Gasteiger partial charge is 0.476 e. The molecule has 0 saturated carbocycles. The number of ether oxygens (including phenoxy) is 1. The number of fused-ring (bicyclic) bond motifs is 1. The van der Waals surface area contributed by atoms with E-state index < -0.39 is 0 Å². The lowest BCUT2D eigenvalue weighted by Crippen LogP contribution is -2.25. The number of aliphatic hydroxyl groups is 1. The predicted molar refractivity (Wildman–Crippen MR) is 78.8 cm³/mol. The highest BCUT2D eigenvalue weighted by atomic mass is 16.5. The van der Waals surface area contributed by atoms with Gasteiger partial charge in [-0.25, -0.2) is 4.98 Å². The Hall–Kier alpha value is -1.65. The van der Waals surface area contributed by atoms with E-state index in [1.807, 2.05) is 24.3 Å². The van der Waals surface area contributed by atoms with Crippen LogP contribution in [0.2, 0.25) is 0 Å². The number of nitrogens with zero attached hydrogens (tertiary/aromatic N) is 2. The van der Waals surface area contributed by atoms with Crippen LogP contribution in [0.4, 0.5) is 0 Å². The highest BCUT2D eigenvalue weighted by Crippen LogP contribution is 2.26. The van der Waals surface area contributed by atoms with Gasteiger partial charge in [0.15, 0.2) is 0 Å². The molecule has 1 aliphatic rings. The summed E-state index contributed by atoms with van der Waals surface area (Å²) in [6.45, 7) is 3.98. The normalized spacial score (nSPS) is 15.8. The van der Waals surface area contributed by atoms with Gasteiger partial charge in [0.2, 0.25) is 5.88 Å².